The summed E-state index contributed by atoms with van der Waals surface area (Å²) in [5.74, 6) is 1.55. The topological polar surface area (TPSA) is 86.1 Å². The smallest absolute Gasteiger partial charge is 0.181 e. The van der Waals surface area contributed by atoms with E-state index >= 15 is 0 Å². The van der Waals surface area contributed by atoms with Crippen LogP contribution in [0.3, 0.4) is 0 Å². The maximum atomic E-state index is 5.49. The lowest BCUT2D eigenvalue weighted by atomic mass is 10.3. The molecule has 0 spiro atoms. The molecule has 1 aliphatic heterocycles. The van der Waals surface area contributed by atoms with Gasteiger partial charge in [-0.3, -0.25) is 5.10 Å². The molecular formula is C9H16N4O2. The molecular weight excluding hydrogens is 196 g/mol. The van der Waals surface area contributed by atoms with Crippen molar-refractivity contribution in [3.8, 4) is 0 Å². The average Bonchev–Trinajstić information content (AvgIpc) is 2.76. The molecule has 6 heteroatoms. The van der Waals surface area contributed by atoms with Gasteiger partial charge in [-0.05, 0) is 13.0 Å². The monoisotopic (exact) mass is 212 g/mol. The minimum atomic E-state index is -0.123. The summed E-state index contributed by atoms with van der Waals surface area (Å²) in [6.07, 6.45) is 1.62. The average molecular weight is 212 g/mol. The van der Waals surface area contributed by atoms with Crippen LogP contribution in [0.25, 0.3) is 0 Å². The molecule has 0 amide bonds. The van der Waals surface area contributed by atoms with Crippen LogP contribution in [0.1, 0.15) is 24.2 Å². The van der Waals surface area contributed by atoms with Crippen molar-refractivity contribution in [3.05, 3.63) is 11.6 Å². The summed E-state index contributed by atoms with van der Waals surface area (Å²) in [6, 6.07) is 0. The summed E-state index contributed by atoms with van der Waals surface area (Å²) >= 11 is 0. The van der Waals surface area contributed by atoms with Gasteiger partial charge >= 0.3 is 0 Å². The predicted molar refractivity (Wildman–Crippen MR) is 53.3 cm³/mol. The van der Waals surface area contributed by atoms with Crippen LogP contribution in [0, 0.1) is 0 Å². The Kier molecular flexibility index (Phi) is 3.65. The van der Waals surface area contributed by atoms with E-state index < -0.39 is 0 Å². The number of aromatic nitrogens is 3. The number of H-pyrrole nitrogens is 1. The molecule has 1 saturated heterocycles. The lowest BCUT2D eigenvalue weighted by Crippen LogP contribution is -2.22. The molecule has 1 aromatic rings. The first-order valence-corrected chi connectivity index (χ1v) is 5.20. The molecule has 84 valence electrons. The van der Waals surface area contributed by atoms with Crippen molar-refractivity contribution in [2.24, 2.45) is 5.73 Å². The second-order valence-corrected chi connectivity index (χ2v) is 3.47. The van der Waals surface area contributed by atoms with Crippen LogP contribution >= 0.6 is 0 Å². The van der Waals surface area contributed by atoms with E-state index in [0.717, 1.165) is 18.7 Å². The Morgan fingerprint density at radius 1 is 1.47 bits per heavy atom. The first kappa shape index (κ1) is 10.5. The number of ether oxygens (including phenoxy) is 2. The second-order valence-electron chi connectivity index (χ2n) is 3.47. The number of aromatic amines is 1. The standard InChI is InChI=1S/C9H16N4O2/c10-3-1-2-8-11-9(13-12-8)7-6-14-4-5-15-7/h7H,1-6,10H2,(H,11,12,13). The molecule has 1 unspecified atom stereocenters. The van der Waals surface area contributed by atoms with Gasteiger partial charge in [0.15, 0.2) is 5.82 Å². The second kappa shape index (κ2) is 5.20. The molecule has 2 rings (SSSR count). The Balaban J connectivity index is 1.93. The molecule has 3 N–H and O–H groups in total. The maximum Gasteiger partial charge on any atom is 0.181 e. The highest BCUT2D eigenvalue weighted by atomic mass is 16.6. The molecule has 1 aliphatic rings. The van der Waals surface area contributed by atoms with Crippen molar-refractivity contribution in [1.82, 2.24) is 15.2 Å². The quantitative estimate of drug-likeness (QED) is 0.720. The van der Waals surface area contributed by atoms with E-state index in [1.54, 1.807) is 0 Å². The van der Waals surface area contributed by atoms with Crippen molar-refractivity contribution < 1.29 is 9.47 Å². The third kappa shape index (κ3) is 2.74. The Morgan fingerprint density at radius 3 is 3.13 bits per heavy atom. The van der Waals surface area contributed by atoms with Crippen LogP contribution in [0.5, 0.6) is 0 Å². The van der Waals surface area contributed by atoms with Crippen LogP contribution < -0.4 is 5.73 Å². The summed E-state index contributed by atoms with van der Waals surface area (Å²) in [5.41, 5.74) is 5.42. The molecule has 6 nitrogen and oxygen atoms in total. The summed E-state index contributed by atoms with van der Waals surface area (Å²) in [7, 11) is 0. The Morgan fingerprint density at radius 2 is 2.40 bits per heavy atom. The summed E-state index contributed by atoms with van der Waals surface area (Å²) in [6.45, 7) is 2.46. The number of nitrogens with zero attached hydrogens (tertiary/aromatic N) is 2. The molecule has 0 radical (unpaired) electrons. The lowest BCUT2D eigenvalue weighted by molar-refractivity contribution is -0.0934. The minimum absolute atomic E-state index is 0.123. The zero-order valence-electron chi connectivity index (χ0n) is 8.61. The minimum Gasteiger partial charge on any atom is -0.376 e. The zero-order chi connectivity index (χ0) is 10.5. The van der Waals surface area contributed by atoms with Gasteiger partial charge in [0.05, 0.1) is 19.8 Å². The number of hydrogen-bond donors (Lipinski definition) is 2. The summed E-state index contributed by atoms with van der Waals surface area (Å²) in [4.78, 5) is 4.34. The molecule has 0 aromatic carbocycles. The van der Waals surface area contributed by atoms with Gasteiger partial charge in [0.25, 0.3) is 0 Å². The van der Waals surface area contributed by atoms with Crippen LogP contribution in [0.15, 0.2) is 0 Å². The number of aryl methyl sites for hydroxylation is 1. The Hall–Kier alpha value is -0.980. The van der Waals surface area contributed by atoms with Gasteiger partial charge in [-0.25, -0.2) is 4.98 Å². The van der Waals surface area contributed by atoms with Crippen molar-refractivity contribution in [2.45, 2.75) is 18.9 Å². The fourth-order valence-electron chi connectivity index (χ4n) is 1.47. The van der Waals surface area contributed by atoms with E-state index in [0.29, 0.717) is 32.2 Å². The summed E-state index contributed by atoms with van der Waals surface area (Å²) in [5, 5.41) is 7.00. The number of nitrogens with two attached hydrogens (primary N) is 1. The van der Waals surface area contributed by atoms with E-state index in [9.17, 15) is 0 Å². The first-order chi connectivity index (χ1) is 7.40. The van der Waals surface area contributed by atoms with Gasteiger partial charge in [0.1, 0.15) is 11.9 Å². The van der Waals surface area contributed by atoms with Crippen molar-refractivity contribution in [3.63, 3.8) is 0 Å². The van der Waals surface area contributed by atoms with E-state index in [1.807, 2.05) is 0 Å². The SMILES string of the molecule is NCCCc1nc(C2COCCO2)n[nH]1. The van der Waals surface area contributed by atoms with Gasteiger partial charge in [-0.2, -0.15) is 5.10 Å². The van der Waals surface area contributed by atoms with Gasteiger partial charge in [-0.1, -0.05) is 0 Å². The van der Waals surface area contributed by atoms with Crippen molar-refractivity contribution in [1.29, 1.82) is 0 Å². The molecule has 0 saturated carbocycles. The van der Waals surface area contributed by atoms with Crippen LogP contribution in [-0.4, -0.2) is 41.5 Å². The Labute approximate surface area is 88.2 Å². The summed E-state index contributed by atoms with van der Waals surface area (Å²) < 4.78 is 10.8. The molecule has 1 atom stereocenters. The van der Waals surface area contributed by atoms with Gasteiger partial charge in [0, 0.05) is 6.42 Å². The van der Waals surface area contributed by atoms with Gasteiger partial charge < -0.3 is 15.2 Å². The van der Waals surface area contributed by atoms with E-state index in [4.69, 9.17) is 15.2 Å². The highest BCUT2D eigenvalue weighted by molar-refractivity contribution is 4.95. The molecule has 15 heavy (non-hydrogen) atoms. The zero-order valence-corrected chi connectivity index (χ0v) is 8.61. The lowest BCUT2D eigenvalue weighted by Gasteiger charge is -2.19. The largest absolute Gasteiger partial charge is 0.376 e. The van der Waals surface area contributed by atoms with E-state index in [2.05, 4.69) is 15.2 Å². The van der Waals surface area contributed by atoms with Crippen LogP contribution in [-0.2, 0) is 15.9 Å². The maximum absolute atomic E-state index is 5.49. The van der Waals surface area contributed by atoms with E-state index in [-0.39, 0.29) is 6.10 Å². The van der Waals surface area contributed by atoms with Crippen LogP contribution in [0.4, 0.5) is 0 Å². The molecule has 0 bridgehead atoms. The number of rotatable bonds is 4. The van der Waals surface area contributed by atoms with E-state index in [1.165, 1.54) is 0 Å². The highest BCUT2D eigenvalue weighted by Crippen LogP contribution is 2.16. The van der Waals surface area contributed by atoms with Crippen LogP contribution in [0.2, 0.25) is 0 Å². The Bertz CT molecular complexity index is 296. The predicted octanol–water partition coefficient (Wildman–Crippen LogP) is -0.216. The first-order valence-electron chi connectivity index (χ1n) is 5.20. The highest BCUT2D eigenvalue weighted by Gasteiger charge is 2.20. The van der Waals surface area contributed by atoms with Gasteiger partial charge in [0.2, 0.25) is 0 Å². The van der Waals surface area contributed by atoms with Gasteiger partial charge in [-0.15, -0.1) is 0 Å². The number of hydrogen-bond acceptors (Lipinski definition) is 5. The third-order valence-electron chi connectivity index (χ3n) is 2.27. The van der Waals surface area contributed by atoms with Crippen molar-refractivity contribution >= 4 is 0 Å². The molecule has 0 aliphatic carbocycles. The fourth-order valence-corrected chi connectivity index (χ4v) is 1.47. The third-order valence-corrected chi connectivity index (χ3v) is 2.27. The fraction of sp³-hybridized carbons (Fsp3) is 0.778. The number of nitrogens with one attached hydrogen (secondary N) is 1. The molecule has 1 aromatic heterocycles. The van der Waals surface area contributed by atoms with Crippen molar-refractivity contribution in [2.75, 3.05) is 26.4 Å². The molecule has 1 fully saturated rings. The normalized spacial score (nSPS) is 21.8. The molecule has 2 heterocycles.